The van der Waals surface area contributed by atoms with E-state index in [-0.39, 0.29) is 12.0 Å². The van der Waals surface area contributed by atoms with Gasteiger partial charge in [-0.3, -0.25) is 9.58 Å². The molecule has 0 saturated carbocycles. The third-order valence-corrected chi connectivity index (χ3v) is 6.11. The number of aryl methyl sites for hydroxylation is 1. The molecule has 0 radical (unpaired) electrons. The highest BCUT2D eigenvalue weighted by Gasteiger charge is 2.35. The molecule has 31 heavy (non-hydrogen) atoms. The van der Waals surface area contributed by atoms with Gasteiger partial charge in [-0.25, -0.2) is 9.36 Å². The SMILES string of the molecule is Cc1c(CN2CCn3nnnc3C2c2cn(-c3ccccc3)nc2C(C)C)cnn1C. The molecule has 9 heteroatoms. The highest BCUT2D eigenvalue weighted by molar-refractivity contribution is 5.37. The summed E-state index contributed by atoms with van der Waals surface area (Å²) in [6, 6.07) is 10.2. The van der Waals surface area contributed by atoms with Crippen LogP contribution in [0, 0.1) is 6.92 Å². The number of hydrogen-bond donors (Lipinski definition) is 0. The quantitative estimate of drug-likeness (QED) is 0.496. The van der Waals surface area contributed by atoms with E-state index in [0.29, 0.717) is 0 Å². The number of nitrogens with zero attached hydrogens (tertiary/aromatic N) is 9. The molecule has 0 aliphatic carbocycles. The van der Waals surface area contributed by atoms with Gasteiger partial charge in [0.15, 0.2) is 5.82 Å². The molecule has 1 aromatic carbocycles. The molecule has 9 nitrogen and oxygen atoms in total. The maximum Gasteiger partial charge on any atom is 0.173 e. The van der Waals surface area contributed by atoms with Crippen molar-refractivity contribution in [2.45, 2.75) is 45.8 Å². The van der Waals surface area contributed by atoms with E-state index in [4.69, 9.17) is 5.10 Å². The predicted octanol–water partition coefficient (Wildman–Crippen LogP) is 2.63. The normalized spacial score (nSPS) is 16.7. The zero-order chi connectivity index (χ0) is 21.5. The highest BCUT2D eigenvalue weighted by atomic mass is 15.6. The van der Waals surface area contributed by atoms with Gasteiger partial charge in [-0.1, -0.05) is 32.0 Å². The predicted molar refractivity (Wildman–Crippen MR) is 116 cm³/mol. The van der Waals surface area contributed by atoms with E-state index in [2.05, 4.69) is 64.6 Å². The van der Waals surface area contributed by atoms with Gasteiger partial charge in [-0.05, 0) is 35.4 Å². The molecule has 1 aliphatic rings. The van der Waals surface area contributed by atoms with Crippen LogP contribution >= 0.6 is 0 Å². The minimum absolute atomic E-state index is 0.0711. The lowest BCUT2D eigenvalue weighted by Gasteiger charge is -2.34. The summed E-state index contributed by atoms with van der Waals surface area (Å²) in [4.78, 5) is 2.44. The van der Waals surface area contributed by atoms with E-state index in [0.717, 1.165) is 42.4 Å². The van der Waals surface area contributed by atoms with Gasteiger partial charge in [0.05, 0.1) is 24.1 Å². The molecule has 0 saturated heterocycles. The minimum atomic E-state index is -0.0711. The Morgan fingerprint density at radius 3 is 2.65 bits per heavy atom. The maximum absolute atomic E-state index is 4.97. The van der Waals surface area contributed by atoms with Crippen molar-refractivity contribution in [3.05, 3.63) is 71.1 Å². The molecule has 0 amide bonds. The summed E-state index contributed by atoms with van der Waals surface area (Å²) in [7, 11) is 1.98. The molecular weight excluding hydrogens is 390 g/mol. The highest BCUT2D eigenvalue weighted by Crippen LogP contribution is 2.36. The summed E-state index contributed by atoms with van der Waals surface area (Å²) in [5, 5.41) is 22.0. The molecule has 0 bridgehead atoms. The van der Waals surface area contributed by atoms with Crippen LogP contribution in [0.15, 0.2) is 42.7 Å². The third-order valence-electron chi connectivity index (χ3n) is 6.11. The molecule has 1 unspecified atom stereocenters. The zero-order valence-corrected chi connectivity index (χ0v) is 18.3. The van der Waals surface area contributed by atoms with Crippen LogP contribution in [0.1, 0.15) is 54.1 Å². The number of fused-ring (bicyclic) bond motifs is 1. The number of aromatic nitrogens is 8. The average Bonchev–Trinajstić information content (AvgIpc) is 3.50. The lowest BCUT2D eigenvalue weighted by molar-refractivity contribution is 0.163. The summed E-state index contributed by atoms with van der Waals surface area (Å²) in [5.41, 5.74) is 5.65. The standard InChI is InChI=1S/C22H27N9/c1-15(2)20-19(14-31(25-20)18-8-6-5-7-9-18)21-22-24-26-27-30(22)11-10-29(21)13-17-12-23-28(4)16(17)3/h5-9,12,14-15,21H,10-11,13H2,1-4H3. The minimum Gasteiger partial charge on any atom is -0.283 e. The van der Waals surface area contributed by atoms with Crippen LogP contribution in [-0.2, 0) is 20.1 Å². The van der Waals surface area contributed by atoms with Gasteiger partial charge in [-0.2, -0.15) is 10.2 Å². The monoisotopic (exact) mass is 417 g/mol. The van der Waals surface area contributed by atoms with Crippen LogP contribution in [0.3, 0.4) is 0 Å². The Hall–Kier alpha value is -3.33. The second-order valence-corrected chi connectivity index (χ2v) is 8.42. The van der Waals surface area contributed by atoms with Crippen molar-refractivity contribution >= 4 is 0 Å². The Morgan fingerprint density at radius 1 is 1.13 bits per heavy atom. The topological polar surface area (TPSA) is 82.5 Å². The number of hydrogen-bond acceptors (Lipinski definition) is 6. The van der Waals surface area contributed by atoms with Crippen molar-refractivity contribution in [1.82, 2.24) is 44.7 Å². The molecular formula is C22H27N9. The fraction of sp³-hybridized carbons (Fsp3) is 0.409. The number of rotatable bonds is 5. The van der Waals surface area contributed by atoms with Crippen LogP contribution in [0.2, 0.25) is 0 Å². The molecule has 4 aromatic rings. The molecule has 1 atom stereocenters. The van der Waals surface area contributed by atoms with Crippen LogP contribution < -0.4 is 0 Å². The lowest BCUT2D eigenvalue weighted by atomic mass is 9.97. The summed E-state index contributed by atoms with van der Waals surface area (Å²) in [5.74, 6) is 1.13. The third kappa shape index (κ3) is 3.44. The van der Waals surface area contributed by atoms with Crippen molar-refractivity contribution < 1.29 is 0 Å². The molecule has 0 spiro atoms. The number of para-hydroxylation sites is 1. The number of tetrazole rings is 1. The summed E-state index contributed by atoms with van der Waals surface area (Å²) in [6.45, 7) is 8.88. The summed E-state index contributed by atoms with van der Waals surface area (Å²) < 4.78 is 5.81. The Labute approximate surface area is 181 Å². The smallest absolute Gasteiger partial charge is 0.173 e. The van der Waals surface area contributed by atoms with E-state index in [9.17, 15) is 0 Å². The second-order valence-electron chi connectivity index (χ2n) is 8.42. The molecule has 4 heterocycles. The van der Waals surface area contributed by atoms with E-state index >= 15 is 0 Å². The van der Waals surface area contributed by atoms with Gasteiger partial charge >= 0.3 is 0 Å². The number of benzene rings is 1. The fourth-order valence-electron chi connectivity index (χ4n) is 4.28. The maximum atomic E-state index is 4.97. The van der Waals surface area contributed by atoms with Crippen LogP contribution in [0.25, 0.3) is 5.69 Å². The van der Waals surface area contributed by atoms with Crippen LogP contribution in [0.4, 0.5) is 0 Å². The van der Waals surface area contributed by atoms with Crippen molar-refractivity contribution in [3.8, 4) is 5.69 Å². The Bertz CT molecular complexity index is 1190. The van der Waals surface area contributed by atoms with Gasteiger partial charge in [0.25, 0.3) is 0 Å². The molecule has 5 rings (SSSR count). The molecule has 3 aromatic heterocycles. The van der Waals surface area contributed by atoms with Crippen molar-refractivity contribution in [2.75, 3.05) is 6.54 Å². The largest absolute Gasteiger partial charge is 0.283 e. The summed E-state index contributed by atoms with van der Waals surface area (Å²) >= 11 is 0. The van der Waals surface area contributed by atoms with Crippen molar-refractivity contribution in [3.63, 3.8) is 0 Å². The van der Waals surface area contributed by atoms with E-state index < -0.39 is 0 Å². The van der Waals surface area contributed by atoms with Gasteiger partial charge < -0.3 is 0 Å². The van der Waals surface area contributed by atoms with Gasteiger partial charge in [0.2, 0.25) is 0 Å². The molecule has 1 aliphatic heterocycles. The first-order valence-electron chi connectivity index (χ1n) is 10.7. The van der Waals surface area contributed by atoms with Crippen molar-refractivity contribution in [2.24, 2.45) is 7.05 Å². The summed E-state index contributed by atoms with van der Waals surface area (Å²) in [6.07, 6.45) is 4.10. The van der Waals surface area contributed by atoms with Gasteiger partial charge in [0, 0.05) is 43.2 Å². The fourth-order valence-corrected chi connectivity index (χ4v) is 4.28. The van der Waals surface area contributed by atoms with Gasteiger partial charge in [0.1, 0.15) is 6.04 Å². The Morgan fingerprint density at radius 2 is 1.94 bits per heavy atom. The van der Waals surface area contributed by atoms with Gasteiger partial charge in [-0.15, -0.1) is 5.10 Å². The molecule has 0 N–H and O–H groups in total. The zero-order valence-electron chi connectivity index (χ0n) is 18.3. The average molecular weight is 418 g/mol. The van der Waals surface area contributed by atoms with Crippen LogP contribution in [0.5, 0.6) is 0 Å². The lowest BCUT2D eigenvalue weighted by Crippen LogP contribution is -2.39. The second kappa shape index (κ2) is 7.73. The Balaban J connectivity index is 1.61. The van der Waals surface area contributed by atoms with E-state index in [1.165, 1.54) is 11.3 Å². The first kappa shape index (κ1) is 19.6. The van der Waals surface area contributed by atoms with Crippen molar-refractivity contribution in [1.29, 1.82) is 0 Å². The molecule has 160 valence electrons. The van der Waals surface area contributed by atoms with Crippen LogP contribution in [-0.4, -0.2) is 51.2 Å². The molecule has 0 fully saturated rings. The first-order valence-corrected chi connectivity index (χ1v) is 10.7. The Kier molecular flexibility index (Phi) is 4.90. The van der Waals surface area contributed by atoms with E-state index in [1.807, 2.05) is 45.5 Å². The van der Waals surface area contributed by atoms with E-state index in [1.54, 1.807) is 0 Å². The first-order chi connectivity index (χ1) is 15.0.